The number of amides is 4. The smallest absolute Gasteiger partial charge is 0.410 e. The number of nitrogens with one attached hydrogen (secondary N) is 6. The number of likely N-dealkylation sites (tertiary alicyclic amines) is 4. The molecule has 6 aliphatic heterocycles. The summed E-state index contributed by atoms with van der Waals surface area (Å²) >= 11 is 28.6. The number of carbonyl (C=O) groups is 4. The van der Waals surface area contributed by atoms with Crippen LogP contribution in [0.1, 0.15) is 139 Å². The molecular formula is C71H104Cl5N23O14S. The first-order valence-electron chi connectivity index (χ1n) is 36.7. The lowest BCUT2D eigenvalue weighted by Crippen LogP contribution is -2.38. The fourth-order valence-electron chi connectivity index (χ4n) is 10.2. The molecule has 0 spiro atoms. The summed E-state index contributed by atoms with van der Waals surface area (Å²) in [5.41, 5.74) is 6.09. The van der Waals surface area contributed by atoms with E-state index in [1.807, 2.05) is 122 Å². The molecule has 0 saturated carbocycles. The molecule has 0 bridgehead atoms. The first kappa shape index (κ1) is 92.1. The van der Waals surface area contributed by atoms with Crippen molar-refractivity contribution in [3.8, 4) is 18.0 Å². The van der Waals surface area contributed by atoms with Crippen molar-refractivity contribution in [1.29, 1.82) is 0 Å². The Morgan fingerprint density at radius 2 is 0.789 bits per heavy atom. The summed E-state index contributed by atoms with van der Waals surface area (Å²) in [7, 11) is -3.44. The first-order valence-corrected chi connectivity index (χ1v) is 40.5. The number of aliphatic hydroxyl groups excluding tert-OH is 1. The van der Waals surface area contributed by atoms with E-state index in [0.717, 1.165) is 48.7 Å². The van der Waals surface area contributed by atoms with Crippen LogP contribution in [0.3, 0.4) is 0 Å². The number of aliphatic hydroxyl groups is 1. The van der Waals surface area contributed by atoms with Gasteiger partial charge in [-0.25, -0.2) is 37.6 Å². The van der Waals surface area contributed by atoms with Gasteiger partial charge in [-0.05, 0) is 136 Å². The van der Waals surface area contributed by atoms with E-state index in [-0.39, 0.29) is 91.7 Å². The van der Waals surface area contributed by atoms with Gasteiger partial charge in [0.05, 0.1) is 25.7 Å². The summed E-state index contributed by atoms with van der Waals surface area (Å²) in [6, 6.07) is 12.3. The molecule has 6 fully saturated rings. The van der Waals surface area contributed by atoms with Crippen LogP contribution in [0.25, 0.3) is 0 Å². The van der Waals surface area contributed by atoms with Gasteiger partial charge in [0.15, 0.2) is 11.6 Å². The van der Waals surface area contributed by atoms with Crippen molar-refractivity contribution in [2.45, 2.75) is 194 Å². The molecule has 13 heterocycles. The van der Waals surface area contributed by atoms with E-state index in [9.17, 15) is 32.7 Å². The quantitative estimate of drug-likeness (QED) is 0.0320. The minimum Gasteiger partial charge on any atom is -0.458 e. The number of halogens is 5. The Morgan fingerprint density at radius 3 is 1.09 bits per heavy atom. The van der Waals surface area contributed by atoms with Crippen molar-refractivity contribution in [1.82, 2.24) is 95.4 Å². The lowest BCUT2D eigenvalue weighted by atomic mass is 10.2. The van der Waals surface area contributed by atoms with E-state index in [4.69, 9.17) is 96.9 Å². The van der Waals surface area contributed by atoms with Crippen LogP contribution >= 0.6 is 58.0 Å². The third-order valence-corrected chi connectivity index (χ3v) is 17.4. The van der Waals surface area contributed by atoms with E-state index < -0.39 is 32.2 Å². The van der Waals surface area contributed by atoms with Crippen molar-refractivity contribution >= 4 is 127 Å². The number of hydrogen-bond donors (Lipinski definition) is 8. The minimum atomic E-state index is -3.44. The Hall–Kier alpha value is -9.05. The zero-order valence-corrected chi connectivity index (χ0v) is 71.5. The maximum atomic E-state index is 12.3. The second-order valence-electron chi connectivity index (χ2n) is 30.9. The molecular weight excluding hydrogens is 1610 g/mol. The highest BCUT2D eigenvalue weighted by Crippen LogP contribution is 2.30. The Balaban J connectivity index is 0.000000197. The normalized spacial score (nSPS) is 17.8. The van der Waals surface area contributed by atoms with Gasteiger partial charge in [0, 0.05) is 131 Å². The molecule has 13 rings (SSSR count). The number of nitrogens with zero attached hydrogens (tertiary/aromatic N) is 16. The number of rotatable bonds is 12. The molecule has 0 aromatic carbocycles. The largest absolute Gasteiger partial charge is 0.458 e. The predicted octanol–water partition coefficient (Wildman–Crippen LogP) is 11.8. The number of anilines is 6. The van der Waals surface area contributed by atoms with E-state index in [1.165, 1.54) is 36.5 Å². The van der Waals surface area contributed by atoms with Gasteiger partial charge in [-0.2, -0.15) is 45.2 Å². The third-order valence-electron chi connectivity index (χ3n) is 15.5. The van der Waals surface area contributed by atoms with Crippen molar-refractivity contribution < 1.29 is 65.9 Å². The molecule has 9 N–H and O–H groups in total. The fraction of sp³-hybridized carbons (Fsp3) is 0.592. The molecule has 4 atom stereocenters. The second kappa shape index (κ2) is 41.5. The van der Waals surface area contributed by atoms with Crippen molar-refractivity contribution in [3.05, 3.63) is 85.3 Å². The molecule has 628 valence electrons. The molecule has 7 aromatic rings. The highest BCUT2D eigenvalue weighted by atomic mass is 35.5. The first-order chi connectivity index (χ1) is 53.2. The van der Waals surface area contributed by atoms with Crippen LogP contribution in [0.15, 0.2) is 47.6 Å². The number of ether oxygens (including phenoxy) is 7. The standard InChI is InChI=1S/C20H29N7O3.C17H23ClN6O3.C13H17Cl2N3O3.C9H17NO3.C5H4Cl2N2O2S.C4H7N3.C3H7N/c1-13-10-16(25-24-13)21-15-11-17(26-7-5-8-26)23-18(22-15)29-14-6-9-27(12-14)19(28)30-20(2,3)4;1-10-7-14(23-22-10)20-13-8-12(18)19-15(21-13)26-11-5-6-24(9-11)16(25)27-17(2,3)4;1-13(2,3)21-12(19)18-5-4-8(7-18)20-11-16-9(14)6-10(15)17-11;1-9(2,3)13-8(12)10-5-4-7(11)6-10;1-12(10,11)5-8-3(6)2-4(7)9-5;1-3-2-4(5)7-6-3;1-2-4-3-1/h10-11,14H,5-9,12H2,1-4H3,(H2,21,22,23,24,25);7-8,11H,5-6,9H2,1-4H3,(H2,19,20,21,22,23);6,8H,4-5,7H2,1-3H3;7,11H,4-6H2,1-3H3;2H,1H3;2H,1H3,(H3,5,6,7);4H,1-3H2/t14-;11-;8-;7-;;;/m0000.../s1. The zero-order valence-electron chi connectivity index (χ0n) is 66.9. The van der Waals surface area contributed by atoms with Crippen LogP contribution in [-0.4, -0.2) is 260 Å². The summed E-state index contributed by atoms with van der Waals surface area (Å²) < 4.78 is 60.6. The molecule has 114 heavy (non-hydrogen) atoms. The number of H-pyrrole nitrogens is 3. The van der Waals surface area contributed by atoms with E-state index in [1.54, 1.807) is 26.8 Å². The number of aryl methyl sites for hydroxylation is 3. The lowest BCUT2D eigenvalue weighted by molar-refractivity contribution is 0.0262. The SMILES string of the molecule is C1CNC1.CC(C)(C)OC(=O)N1CC[C@H](O)C1.CC(C)(C)OC(=O)N1CC[C@H](Oc2nc(Cl)cc(Cl)n2)C1.CS(=O)(=O)c1nc(Cl)cc(Cl)n1.Cc1cc(N)n[nH]1.Cc1cc(Nc2cc(Cl)nc(O[C@H]3CCN(C(=O)OC(C)(C)C)C3)n2)n[nH]1.Cc1cc(Nc2cc(N3CCC3)nc(O[C@H]3CCN(C(=O)OC(C)(C)C)C3)n2)n[nH]1. The number of aromatic nitrogens is 14. The summed E-state index contributed by atoms with van der Waals surface area (Å²) in [5, 5.41) is 39.3. The van der Waals surface area contributed by atoms with Crippen LogP contribution < -0.4 is 40.8 Å². The van der Waals surface area contributed by atoms with Gasteiger partial charge < -0.3 is 84.4 Å². The van der Waals surface area contributed by atoms with Gasteiger partial charge in [0.2, 0.25) is 15.0 Å². The fourth-order valence-corrected chi connectivity index (χ4v) is 11.8. The summed E-state index contributed by atoms with van der Waals surface area (Å²) in [4.78, 5) is 88.8. The van der Waals surface area contributed by atoms with Crippen LogP contribution in [-0.2, 0) is 28.8 Å². The number of carbonyl (C=O) groups excluding carboxylic acids is 4. The lowest BCUT2D eigenvalue weighted by Gasteiger charge is -2.32. The molecule has 0 aliphatic carbocycles. The molecule has 6 saturated heterocycles. The van der Waals surface area contributed by atoms with Gasteiger partial charge in [-0.3, -0.25) is 15.3 Å². The maximum Gasteiger partial charge on any atom is 0.410 e. The van der Waals surface area contributed by atoms with Crippen molar-refractivity contribution in [2.75, 3.05) is 106 Å². The number of nitrogens with two attached hydrogens (primary N) is 1. The van der Waals surface area contributed by atoms with E-state index >= 15 is 0 Å². The highest BCUT2D eigenvalue weighted by Gasteiger charge is 2.36. The van der Waals surface area contributed by atoms with E-state index in [0.29, 0.717) is 113 Å². The van der Waals surface area contributed by atoms with Crippen LogP contribution in [0.4, 0.5) is 54.1 Å². The zero-order chi connectivity index (χ0) is 84.0. The van der Waals surface area contributed by atoms with Crippen LogP contribution in [0.2, 0.25) is 25.8 Å². The van der Waals surface area contributed by atoms with Gasteiger partial charge >= 0.3 is 42.4 Å². The molecule has 6 aliphatic rings. The molecule has 0 unspecified atom stereocenters. The molecule has 7 aromatic heterocycles. The number of hydrogen-bond acceptors (Lipinski definition) is 30. The Morgan fingerprint density at radius 1 is 0.456 bits per heavy atom. The Bertz CT molecular complexity index is 4360. The second-order valence-corrected chi connectivity index (χ2v) is 34.7. The Labute approximate surface area is 688 Å². The third kappa shape index (κ3) is 33.8. The summed E-state index contributed by atoms with van der Waals surface area (Å²) in [6.45, 7) is 36.2. The average molecular weight is 1710 g/mol. The average Bonchev–Trinajstić information content (AvgIpc) is 1.14. The molecule has 4 amide bonds. The maximum absolute atomic E-state index is 12.3. The number of sulfone groups is 1. The number of nitrogen functional groups attached to an aromatic ring is 1. The molecule has 43 heteroatoms. The monoisotopic (exact) mass is 1710 g/mol. The molecule has 37 nitrogen and oxygen atoms in total. The number of aromatic amines is 3. The van der Waals surface area contributed by atoms with Gasteiger partial charge in [0.25, 0.3) is 0 Å². The van der Waals surface area contributed by atoms with Crippen molar-refractivity contribution in [3.63, 3.8) is 0 Å². The Kier molecular flexibility index (Phi) is 33.5. The summed E-state index contributed by atoms with van der Waals surface area (Å²) in [5.74, 6) is 3.77. The van der Waals surface area contributed by atoms with Crippen LogP contribution in [0, 0.1) is 20.8 Å². The van der Waals surface area contributed by atoms with Gasteiger partial charge in [0.1, 0.15) is 89.8 Å². The van der Waals surface area contributed by atoms with Gasteiger partial charge in [-0.1, -0.05) is 58.0 Å². The predicted molar refractivity (Wildman–Crippen MR) is 431 cm³/mol. The van der Waals surface area contributed by atoms with Crippen molar-refractivity contribution in [2.24, 2.45) is 0 Å². The van der Waals surface area contributed by atoms with E-state index in [2.05, 4.69) is 91.3 Å². The number of β-amino-alcohol motifs (C(OH)–C–C–N with tert-alkyl or cyclic N) is 1. The van der Waals surface area contributed by atoms with Gasteiger partial charge in [-0.15, -0.1) is 0 Å². The summed E-state index contributed by atoms with van der Waals surface area (Å²) in [6.07, 6.45) is 3.88. The topological polar surface area (TPSA) is 455 Å². The minimum absolute atomic E-state index is 0.00965. The highest BCUT2D eigenvalue weighted by molar-refractivity contribution is 7.90. The van der Waals surface area contributed by atoms with Crippen LogP contribution in [0.5, 0.6) is 18.0 Å². The molecule has 0 radical (unpaired) electrons.